The lowest BCUT2D eigenvalue weighted by molar-refractivity contribution is 0.101. The molecule has 8 heteroatoms. The molecular formula is C11H11N5O3. The van der Waals surface area contributed by atoms with E-state index in [4.69, 9.17) is 14.5 Å². The molecule has 2 rings (SSSR count). The van der Waals surface area contributed by atoms with Crippen molar-refractivity contribution < 1.29 is 14.1 Å². The summed E-state index contributed by atoms with van der Waals surface area (Å²) >= 11 is 0. The molecule has 2 aromatic rings. The quantitative estimate of drug-likeness (QED) is 0.867. The number of methoxy groups -OCH3 is 1. The maximum absolute atomic E-state index is 11.9. The second kappa shape index (κ2) is 5.32. The number of amides is 1. The number of aryl methyl sites for hydroxylation is 1. The largest absolute Gasteiger partial charge is 0.377 e. The summed E-state index contributed by atoms with van der Waals surface area (Å²) in [7, 11) is 3.13. The number of nitrogens with one attached hydrogen (secondary N) is 1. The Morgan fingerprint density at radius 2 is 2.47 bits per heavy atom. The number of rotatable bonds is 4. The van der Waals surface area contributed by atoms with Gasteiger partial charge in [-0.1, -0.05) is 5.16 Å². The van der Waals surface area contributed by atoms with Crippen LogP contribution >= 0.6 is 0 Å². The molecule has 0 aliphatic carbocycles. The van der Waals surface area contributed by atoms with Gasteiger partial charge in [-0.05, 0) is 0 Å². The third kappa shape index (κ3) is 2.61. The predicted octanol–water partition coefficient (Wildman–Crippen LogP) is 0.678. The molecule has 0 unspecified atom stereocenters. The van der Waals surface area contributed by atoms with Gasteiger partial charge in [0.05, 0.1) is 6.20 Å². The number of aromatic nitrogens is 3. The number of hydrogen-bond donors (Lipinski definition) is 1. The van der Waals surface area contributed by atoms with E-state index in [9.17, 15) is 4.79 Å². The fraction of sp³-hybridized carbons (Fsp3) is 0.273. The molecule has 0 radical (unpaired) electrons. The van der Waals surface area contributed by atoms with E-state index >= 15 is 0 Å². The average molecular weight is 261 g/mol. The van der Waals surface area contributed by atoms with E-state index in [0.717, 1.165) is 0 Å². The van der Waals surface area contributed by atoms with Crippen LogP contribution in [0.3, 0.4) is 0 Å². The summed E-state index contributed by atoms with van der Waals surface area (Å²) in [6, 6.07) is 3.41. The molecule has 0 fully saturated rings. The molecule has 0 aliphatic rings. The van der Waals surface area contributed by atoms with Crippen LogP contribution in [-0.4, -0.2) is 28.0 Å². The second-order valence-electron chi connectivity index (χ2n) is 3.71. The summed E-state index contributed by atoms with van der Waals surface area (Å²) in [5.41, 5.74) is 0.383. The molecule has 98 valence electrons. The average Bonchev–Trinajstić information content (AvgIpc) is 2.98. The number of ether oxygens (including phenoxy) is 1. The third-order valence-corrected chi connectivity index (χ3v) is 2.37. The van der Waals surface area contributed by atoms with Gasteiger partial charge >= 0.3 is 0 Å². The number of anilines is 1. The highest BCUT2D eigenvalue weighted by atomic mass is 16.5. The number of carbonyl (C=O) groups excluding carboxylic acids is 1. The fourth-order valence-corrected chi connectivity index (χ4v) is 1.47. The molecule has 8 nitrogen and oxygen atoms in total. The maximum atomic E-state index is 11.9. The first-order valence-corrected chi connectivity index (χ1v) is 5.33. The molecule has 19 heavy (non-hydrogen) atoms. The summed E-state index contributed by atoms with van der Waals surface area (Å²) < 4.78 is 11.2. The lowest BCUT2D eigenvalue weighted by atomic mass is 10.3. The molecule has 1 N–H and O–H groups in total. The zero-order chi connectivity index (χ0) is 13.8. The van der Waals surface area contributed by atoms with Crippen LogP contribution in [0.4, 0.5) is 5.82 Å². The van der Waals surface area contributed by atoms with E-state index in [1.807, 2.05) is 6.07 Å². The molecule has 1 amide bonds. The van der Waals surface area contributed by atoms with Crippen LogP contribution in [0.5, 0.6) is 0 Å². The van der Waals surface area contributed by atoms with Crippen molar-refractivity contribution in [3.05, 3.63) is 29.3 Å². The van der Waals surface area contributed by atoms with Crippen LogP contribution in [0.2, 0.25) is 0 Å². The molecule has 0 atom stereocenters. The Hall–Kier alpha value is -2.66. The van der Waals surface area contributed by atoms with Crippen molar-refractivity contribution in [3.63, 3.8) is 0 Å². The Labute approximate surface area is 108 Å². The minimum atomic E-state index is -0.480. The highest BCUT2D eigenvalue weighted by molar-refractivity contribution is 6.02. The highest BCUT2D eigenvalue weighted by Crippen LogP contribution is 2.14. The van der Waals surface area contributed by atoms with E-state index in [0.29, 0.717) is 11.6 Å². The molecule has 0 bridgehead atoms. The molecule has 2 aromatic heterocycles. The first-order valence-electron chi connectivity index (χ1n) is 5.33. The number of hydrogen-bond acceptors (Lipinski definition) is 6. The zero-order valence-corrected chi connectivity index (χ0v) is 10.4. The van der Waals surface area contributed by atoms with Gasteiger partial charge in [-0.2, -0.15) is 10.4 Å². The molecule has 0 aromatic carbocycles. The van der Waals surface area contributed by atoms with Gasteiger partial charge in [0.25, 0.3) is 5.91 Å². The summed E-state index contributed by atoms with van der Waals surface area (Å²) in [5, 5.41) is 18.9. The smallest absolute Gasteiger partial charge is 0.279 e. The Morgan fingerprint density at radius 1 is 1.68 bits per heavy atom. The maximum Gasteiger partial charge on any atom is 0.279 e. The first-order chi connectivity index (χ1) is 9.15. The lowest BCUT2D eigenvalue weighted by Gasteiger charge is -2.02. The Balaban J connectivity index is 2.16. The van der Waals surface area contributed by atoms with Crippen LogP contribution < -0.4 is 5.32 Å². The van der Waals surface area contributed by atoms with E-state index < -0.39 is 5.91 Å². The van der Waals surface area contributed by atoms with Gasteiger partial charge in [-0.25, -0.2) is 0 Å². The van der Waals surface area contributed by atoms with Crippen molar-refractivity contribution in [1.29, 1.82) is 5.26 Å². The minimum absolute atomic E-state index is 0.108. The highest BCUT2D eigenvalue weighted by Gasteiger charge is 2.16. The second-order valence-corrected chi connectivity index (χ2v) is 3.71. The molecule has 0 saturated carbocycles. The van der Waals surface area contributed by atoms with Crippen molar-refractivity contribution >= 4 is 11.7 Å². The lowest BCUT2D eigenvalue weighted by Crippen LogP contribution is -2.15. The van der Waals surface area contributed by atoms with Crippen LogP contribution in [0.25, 0.3) is 0 Å². The number of nitriles is 1. The standard InChI is InChI=1S/C11H11N5O3/c1-16-10(7(4-12)5-13-16)14-11(17)9-3-8(6-18-2)19-15-9/h3,5H,6H2,1-2H3,(H,14,17). The van der Waals surface area contributed by atoms with Gasteiger partial charge in [0, 0.05) is 20.2 Å². The van der Waals surface area contributed by atoms with Gasteiger partial charge < -0.3 is 14.6 Å². The fourth-order valence-electron chi connectivity index (χ4n) is 1.47. The van der Waals surface area contributed by atoms with E-state index in [2.05, 4.69) is 15.6 Å². The van der Waals surface area contributed by atoms with E-state index in [1.165, 1.54) is 24.1 Å². The van der Waals surface area contributed by atoms with Crippen molar-refractivity contribution in [2.45, 2.75) is 6.61 Å². The topological polar surface area (TPSA) is 106 Å². The molecule has 0 aliphatic heterocycles. The molecule has 0 spiro atoms. The van der Waals surface area contributed by atoms with Crippen LogP contribution in [0.1, 0.15) is 21.8 Å². The minimum Gasteiger partial charge on any atom is -0.377 e. The summed E-state index contributed by atoms with van der Waals surface area (Å²) in [6.07, 6.45) is 1.37. The monoisotopic (exact) mass is 261 g/mol. The molecular weight excluding hydrogens is 250 g/mol. The van der Waals surface area contributed by atoms with Gasteiger partial charge in [-0.15, -0.1) is 0 Å². The number of carbonyl (C=O) groups is 1. The zero-order valence-electron chi connectivity index (χ0n) is 10.4. The summed E-state index contributed by atoms with van der Waals surface area (Å²) in [5.74, 6) is 0.271. The van der Waals surface area contributed by atoms with Crippen molar-refractivity contribution in [1.82, 2.24) is 14.9 Å². The van der Waals surface area contributed by atoms with E-state index in [1.54, 1.807) is 7.05 Å². The Kier molecular flexibility index (Phi) is 3.58. The summed E-state index contributed by atoms with van der Waals surface area (Å²) in [4.78, 5) is 11.9. The van der Waals surface area contributed by atoms with Gasteiger partial charge in [0.1, 0.15) is 24.1 Å². The molecule has 2 heterocycles. The summed E-state index contributed by atoms with van der Waals surface area (Å²) in [6.45, 7) is 0.232. The van der Waals surface area contributed by atoms with Crippen LogP contribution in [-0.2, 0) is 18.4 Å². The van der Waals surface area contributed by atoms with Gasteiger partial charge in [-0.3, -0.25) is 9.48 Å². The Bertz CT molecular complexity index is 637. The first kappa shape index (κ1) is 12.8. The van der Waals surface area contributed by atoms with Gasteiger partial charge in [0.2, 0.25) is 0 Å². The van der Waals surface area contributed by atoms with Crippen LogP contribution in [0, 0.1) is 11.3 Å². The van der Waals surface area contributed by atoms with Crippen molar-refractivity contribution in [3.8, 4) is 6.07 Å². The van der Waals surface area contributed by atoms with Crippen LogP contribution in [0.15, 0.2) is 16.8 Å². The SMILES string of the molecule is COCc1cc(C(=O)Nc2c(C#N)cnn2C)no1. The van der Waals surface area contributed by atoms with Crippen molar-refractivity contribution in [2.24, 2.45) is 7.05 Å². The Morgan fingerprint density at radius 3 is 3.16 bits per heavy atom. The third-order valence-electron chi connectivity index (χ3n) is 2.37. The van der Waals surface area contributed by atoms with Gasteiger partial charge in [0.15, 0.2) is 11.5 Å². The normalized spacial score (nSPS) is 10.2. The number of nitrogens with zero attached hydrogens (tertiary/aromatic N) is 4. The predicted molar refractivity (Wildman–Crippen MR) is 63.1 cm³/mol. The molecule has 0 saturated heterocycles. The van der Waals surface area contributed by atoms with Crippen molar-refractivity contribution in [2.75, 3.05) is 12.4 Å². The van der Waals surface area contributed by atoms with E-state index in [-0.39, 0.29) is 17.9 Å².